The van der Waals surface area contributed by atoms with Crippen molar-refractivity contribution in [3.63, 3.8) is 0 Å². The van der Waals surface area contributed by atoms with Crippen molar-refractivity contribution in [2.45, 2.75) is 0 Å². The summed E-state index contributed by atoms with van der Waals surface area (Å²) in [6, 6.07) is 28.8. The lowest BCUT2D eigenvalue weighted by Gasteiger charge is -2.13. The van der Waals surface area contributed by atoms with Gasteiger partial charge in [0.15, 0.2) is 0 Å². The van der Waals surface area contributed by atoms with Crippen LogP contribution in [0.3, 0.4) is 0 Å². The summed E-state index contributed by atoms with van der Waals surface area (Å²) in [6.07, 6.45) is 1.88. The van der Waals surface area contributed by atoms with E-state index in [0.29, 0.717) is 0 Å². The zero-order valence-corrected chi connectivity index (χ0v) is 13.3. The van der Waals surface area contributed by atoms with Gasteiger partial charge in [0, 0.05) is 11.1 Å². The van der Waals surface area contributed by atoms with Crippen LogP contribution < -0.4 is 0 Å². The average molecular weight is 309 g/mol. The summed E-state index contributed by atoms with van der Waals surface area (Å²) < 4.78 is 2.12. The molecular weight excluding hydrogens is 292 g/mol. The van der Waals surface area contributed by atoms with Gasteiger partial charge in [-0.25, -0.2) is 4.98 Å². The molecule has 0 aliphatic carbocycles. The molecule has 3 aromatic carbocycles. The van der Waals surface area contributed by atoms with E-state index < -0.39 is 0 Å². The maximum Gasteiger partial charge on any atom is 0.100 e. The normalized spacial score (nSPS) is 10.7. The Morgan fingerprint density at radius 3 is 1.92 bits per heavy atom. The maximum absolute atomic E-state index is 4.72. The van der Waals surface area contributed by atoms with Crippen LogP contribution in [0, 0.1) is 6.92 Å². The van der Waals surface area contributed by atoms with E-state index in [4.69, 9.17) is 4.98 Å². The molecule has 0 saturated heterocycles. The quantitative estimate of drug-likeness (QED) is 0.496. The molecule has 1 aromatic heterocycles. The molecular formula is C22H17N2. The van der Waals surface area contributed by atoms with Gasteiger partial charge in [-0.05, 0) is 18.6 Å². The molecule has 0 aliphatic rings. The highest BCUT2D eigenvalue weighted by Crippen LogP contribution is 2.33. The van der Waals surface area contributed by atoms with E-state index in [0.717, 1.165) is 33.8 Å². The molecule has 0 N–H and O–H groups in total. The van der Waals surface area contributed by atoms with Crippen LogP contribution in [0.5, 0.6) is 0 Å². The van der Waals surface area contributed by atoms with Crippen molar-refractivity contribution in [1.82, 2.24) is 9.55 Å². The van der Waals surface area contributed by atoms with E-state index in [1.54, 1.807) is 0 Å². The van der Waals surface area contributed by atoms with Crippen molar-refractivity contribution in [2.24, 2.45) is 0 Å². The van der Waals surface area contributed by atoms with Crippen LogP contribution in [-0.2, 0) is 0 Å². The van der Waals surface area contributed by atoms with Gasteiger partial charge in [-0.1, -0.05) is 78.9 Å². The molecule has 0 bridgehead atoms. The molecule has 0 aliphatic heterocycles. The third kappa shape index (κ3) is 2.52. The van der Waals surface area contributed by atoms with Crippen LogP contribution in [0.1, 0.15) is 5.56 Å². The predicted molar refractivity (Wildman–Crippen MR) is 98.9 cm³/mol. The summed E-state index contributed by atoms with van der Waals surface area (Å²) in [7, 11) is 0. The summed E-state index contributed by atoms with van der Waals surface area (Å²) >= 11 is 0. The van der Waals surface area contributed by atoms with Crippen molar-refractivity contribution in [2.75, 3.05) is 0 Å². The first-order chi connectivity index (χ1) is 11.8. The highest BCUT2D eigenvalue weighted by molar-refractivity contribution is 5.80. The Kier molecular flexibility index (Phi) is 3.72. The summed E-state index contributed by atoms with van der Waals surface area (Å²) in [5.74, 6) is 0. The van der Waals surface area contributed by atoms with Gasteiger partial charge in [-0.3, -0.25) is 4.57 Å². The highest BCUT2D eigenvalue weighted by atomic mass is 15.1. The van der Waals surface area contributed by atoms with Crippen LogP contribution in [0.15, 0.2) is 91.3 Å². The molecule has 24 heavy (non-hydrogen) atoms. The van der Waals surface area contributed by atoms with Crippen molar-refractivity contribution >= 4 is 0 Å². The van der Waals surface area contributed by atoms with E-state index in [9.17, 15) is 0 Å². The summed E-state index contributed by atoms with van der Waals surface area (Å²) in [5, 5.41) is 0. The summed E-state index contributed by atoms with van der Waals surface area (Å²) in [4.78, 5) is 4.72. The summed E-state index contributed by atoms with van der Waals surface area (Å²) in [6.45, 7) is 4.17. The largest absolute Gasteiger partial charge is 0.298 e. The lowest BCUT2D eigenvalue weighted by molar-refractivity contribution is 1.06. The molecule has 2 heteroatoms. The fraction of sp³-hybridized carbons (Fsp3) is 0. The van der Waals surface area contributed by atoms with E-state index in [-0.39, 0.29) is 0 Å². The fourth-order valence-corrected chi connectivity index (χ4v) is 2.96. The molecule has 0 spiro atoms. The van der Waals surface area contributed by atoms with Crippen LogP contribution in [0.2, 0.25) is 0 Å². The third-order valence-electron chi connectivity index (χ3n) is 4.11. The first-order valence-corrected chi connectivity index (χ1v) is 7.94. The first kappa shape index (κ1) is 14.5. The molecule has 0 saturated carbocycles. The van der Waals surface area contributed by atoms with Crippen molar-refractivity contribution in [1.29, 1.82) is 0 Å². The average Bonchev–Trinajstić information content (AvgIpc) is 3.08. The van der Waals surface area contributed by atoms with Crippen LogP contribution in [0.25, 0.3) is 28.2 Å². The number of hydrogen-bond donors (Lipinski definition) is 0. The molecule has 0 fully saturated rings. The smallest absolute Gasteiger partial charge is 0.100 e. The molecule has 1 heterocycles. The molecule has 115 valence electrons. The van der Waals surface area contributed by atoms with Crippen molar-refractivity contribution in [3.05, 3.63) is 104 Å². The van der Waals surface area contributed by atoms with Gasteiger partial charge >= 0.3 is 0 Å². The Bertz CT molecular complexity index is 954. The van der Waals surface area contributed by atoms with Gasteiger partial charge in [-0.2, -0.15) is 0 Å². The Labute approximate surface area is 142 Å². The zero-order valence-electron chi connectivity index (χ0n) is 13.3. The number of para-hydroxylation sites is 1. The van der Waals surface area contributed by atoms with Crippen LogP contribution in [0.4, 0.5) is 0 Å². The second-order valence-electron chi connectivity index (χ2n) is 5.67. The fourth-order valence-electron chi connectivity index (χ4n) is 2.96. The van der Waals surface area contributed by atoms with Gasteiger partial charge in [0.1, 0.15) is 6.33 Å². The first-order valence-electron chi connectivity index (χ1n) is 7.94. The second kappa shape index (κ2) is 6.17. The SMILES string of the molecule is [CH2]c1ccccc1-n1cnc(-c2ccccc2)c1-c1ccccc1. The zero-order chi connectivity index (χ0) is 16.4. The third-order valence-corrected chi connectivity index (χ3v) is 4.11. The Morgan fingerprint density at radius 1 is 0.667 bits per heavy atom. The molecule has 0 amide bonds. The number of rotatable bonds is 3. The second-order valence-corrected chi connectivity index (χ2v) is 5.67. The number of nitrogens with zero attached hydrogens (tertiary/aromatic N) is 2. The molecule has 4 rings (SSSR count). The van der Waals surface area contributed by atoms with Gasteiger partial charge < -0.3 is 0 Å². The lowest BCUT2D eigenvalue weighted by Crippen LogP contribution is -1.98. The van der Waals surface area contributed by atoms with Gasteiger partial charge in [0.05, 0.1) is 17.1 Å². The molecule has 4 aromatic rings. The van der Waals surface area contributed by atoms with Gasteiger partial charge in [-0.15, -0.1) is 0 Å². The van der Waals surface area contributed by atoms with Gasteiger partial charge in [0.25, 0.3) is 0 Å². The van der Waals surface area contributed by atoms with Crippen molar-refractivity contribution < 1.29 is 0 Å². The highest BCUT2D eigenvalue weighted by Gasteiger charge is 2.16. The van der Waals surface area contributed by atoms with Crippen molar-refractivity contribution in [3.8, 4) is 28.2 Å². The minimum absolute atomic E-state index is 0.977. The van der Waals surface area contributed by atoms with Crippen LogP contribution >= 0.6 is 0 Å². The lowest BCUT2D eigenvalue weighted by atomic mass is 10.0. The molecule has 0 atom stereocenters. The topological polar surface area (TPSA) is 17.8 Å². The Morgan fingerprint density at radius 2 is 1.25 bits per heavy atom. The number of benzene rings is 3. The minimum Gasteiger partial charge on any atom is -0.298 e. The Hall–Kier alpha value is -3.13. The molecule has 0 unspecified atom stereocenters. The van der Waals surface area contributed by atoms with E-state index in [2.05, 4.69) is 54.0 Å². The number of aromatic nitrogens is 2. The van der Waals surface area contributed by atoms with E-state index in [1.807, 2.05) is 48.8 Å². The van der Waals surface area contributed by atoms with Crippen LogP contribution in [-0.4, -0.2) is 9.55 Å². The van der Waals surface area contributed by atoms with Gasteiger partial charge in [0.2, 0.25) is 0 Å². The van der Waals surface area contributed by atoms with E-state index in [1.165, 1.54) is 0 Å². The minimum atomic E-state index is 0.977. The number of hydrogen-bond acceptors (Lipinski definition) is 1. The standard InChI is InChI=1S/C22H17N2/c1-17-10-8-9-15-20(17)24-16-23-21(18-11-4-2-5-12-18)22(24)19-13-6-3-7-14-19/h2-16H,1H2. The number of imidazole rings is 1. The Balaban J connectivity index is 2.00. The monoisotopic (exact) mass is 309 g/mol. The summed E-state index contributed by atoms with van der Waals surface area (Å²) in [5.41, 5.74) is 6.33. The predicted octanol–water partition coefficient (Wildman–Crippen LogP) is 5.39. The maximum atomic E-state index is 4.72. The molecule has 2 nitrogen and oxygen atoms in total. The molecule has 1 radical (unpaired) electrons. The van der Waals surface area contributed by atoms with E-state index >= 15 is 0 Å².